The van der Waals surface area contributed by atoms with Gasteiger partial charge in [-0.3, -0.25) is 9.59 Å². The van der Waals surface area contributed by atoms with E-state index in [0.717, 1.165) is 0 Å². The van der Waals surface area contributed by atoms with Gasteiger partial charge in [0.25, 0.3) is 0 Å². The zero-order chi connectivity index (χ0) is 18.0. The Morgan fingerprint density at radius 3 is 2.22 bits per heavy atom. The summed E-state index contributed by atoms with van der Waals surface area (Å²) in [5, 5.41) is 23.2. The molecule has 1 rings (SSSR count). The number of rotatable bonds is 6. The number of hydrogen-bond acceptors (Lipinski definition) is 4. The van der Waals surface area contributed by atoms with Crippen molar-refractivity contribution in [1.29, 1.82) is 0 Å². The number of aliphatic hydroxyl groups excluding tert-OH is 1. The number of alkyl halides is 1. The molecule has 0 aromatic carbocycles. The molecule has 23 heavy (non-hydrogen) atoms. The van der Waals surface area contributed by atoms with Crippen LogP contribution >= 0.6 is 0 Å². The second-order valence-electron chi connectivity index (χ2n) is 7.22. The van der Waals surface area contributed by atoms with E-state index in [4.69, 9.17) is 10.8 Å². The second kappa shape index (κ2) is 6.69. The third-order valence-corrected chi connectivity index (χ3v) is 3.77. The van der Waals surface area contributed by atoms with Crippen LogP contribution in [-0.2, 0) is 9.59 Å². The lowest BCUT2D eigenvalue weighted by Gasteiger charge is -2.47. The number of nitrogens with two attached hydrogens (primary N) is 1. The van der Waals surface area contributed by atoms with Crippen LogP contribution in [0.3, 0.4) is 0 Å². The minimum Gasteiger partial charge on any atom is -0.465 e. The van der Waals surface area contributed by atoms with Crippen molar-refractivity contribution in [3.8, 4) is 0 Å². The minimum absolute atomic E-state index is 0.187. The summed E-state index contributed by atoms with van der Waals surface area (Å²) >= 11 is 0. The smallest absolute Gasteiger partial charge is 0.405 e. The van der Waals surface area contributed by atoms with Gasteiger partial charge >= 0.3 is 6.09 Å². The van der Waals surface area contributed by atoms with Gasteiger partial charge in [0.05, 0.1) is 5.54 Å². The van der Waals surface area contributed by atoms with Crippen molar-refractivity contribution >= 4 is 17.9 Å². The van der Waals surface area contributed by atoms with E-state index >= 15 is 0 Å². The van der Waals surface area contributed by atoms with E-state index in [0.29, 0.717) is 0 Å². The first-order valence-electron chi connectivity index (χ1n) is 7.29. The number of hydrogen-bond donors (Lipinski definition) is 5. The fourth-order valence-electron chi connectivity index (χ4n) is 2.70. The predicted octanol–water partition coefficient (Wildman–Crippen LogP) is -0.108. The molecule has 0 bridgehead atoms. The number of carbonyl (C=O) groups excluding carboxylic acids is 2. The summed E-state index contributed by atoms with van der Waals surface area (Å²) < 4.78 is 13.2. The highest BCUT2D eigenvalue weighted by molar-refractivity contribution is 5.88. The van der Waals surface area contributed by atoms with Gasteiger partial charge in [0.1, 0.15) is 12.2 Å². The van der Waals surface area contributed by atoms with Gasteiger partial charge in [0.15, 0.2) is 6.10 Å². The van der Waals surface area contributed by atoms with Crippen LogP contribution in [0.5, 0.6) is 0 Å². The third kappa shape index (κ3) is 5.05. The first-order chi connectivity index (χ1) is 10.4. The van der Waals surface area contributed by atoms with Crippen molar-refractivity contribution in [2.75, 3.05) is 0 Å². The van der Waals surface area contributed by atoms with E-state index in [9.17, 15) is 23.9 Å². The molecule has 1 aliphatic rings. The van der Waals surface area contributed by atoms with Crippen molar-refractivity contribution in [2.45, 2.75) is 63.9 Å². The summed E-state index contributed by atoms with van der Waals surface area (Å²) in [5.74, 6) is -1.80. The zero-order valence-corrected chi connectivity index (χ0v) is 13.4. The molecule has 0 aromatic rings. The number of amides is 3. The van der Waals surface area contributed by atoms with Crippen LogP contribution in [0.25, 0.3) is 0 Å². The van der Waals surface area contributed by atoms with Crippen molar-refractivity contribution in [3.05, 3.63) is 0 Å². The van der Waals surface area contributed by atoms with Gasteiger partial charge < -0.3 is 26.6 Å². The number of primary amides is 1. The maximum Gasteiger partial charge on any atom is 0.405 e. The normalized spacial score (nSPS) is 26.6. The van der Waals surface area contributed by atoms with Crippen LogP contribution in [0.2, 0.25) is 0 Å². The van der Waals surface area contributed by atoms with Crippen LogP contribution in [0, 0.1) is 5.41 Å². The molecule has 2 atom stereocenters. The molecular weight excluding hydrogens is 309 g/mol. The van der Waals surface area contributed by atoms with E-state index in [1.807, 2.05) is 20.8 Å². The first-order valence-corrected chi connectivity index (χ1v) is 7.29. The summed E-state index contributed by atoms with van der Waals surface area (Å²) in [7, 11) is 0. The lowest BCUT2D eigenvalue weighted by Crippen LogP contribution is -2.69. The van der Waals surface area contributed by atoms with E-state index in [1.165, 1.54) is 0 Å². The Morgan fingerprint density at radius 1 is 1.35 bits per heavy atom. The van der Waals surface area contributed by atoms with Crippen molar-refractivity contribution in [2.24, 2.45) is 11.1 Å². The molecular formula is C14H24FN3O5. The Bertz CT molecular complexity index is 485. The molecule has 3 amide bonds. The van der Waals surface area contributed by atoms with Gasteiger partial charge in [-0.2, -0.15) is 0 Å². The van der Waals surface area contributed by atoms with Gasteiger partial charge in [0.2, 0.25) is 11.8 Å². The summed E-state index contributed by atoms with van der Waals surface area (Å²) in [6.07, 6.45) is -4.70. The van der Waals surface area contributed by atoms with Crippen molar-refractivity contribution < 1.29 is 29.0 Å². The Morgan fingerprint density at radius 2 is 1.87 bits per heavy atom. The molecule has 1 unspecified atom stereocenters. The van der Waals surface area contributed by atoms with Gasteiger partial charge in [-0.05, 0) is 11.8 Å². The van der Waals surface area contributed by atoms with Gasteiger partial charge in [-0.1, -0.05) is 20.8 Å². The highest BCUT2D eigenvalue weighted by Crippen LogP contribution is 2.38. The number of carboxylic acid groups (broad SMARTS) is 1. The van der Waals surface area contributed by atoms with Gasteiger partial charge in [-0.15, -0.1) is 0 Å². The lowest BCUT2D eigenvalue weighted by molar-refractivity contribution is -0.141. The molecule has 0 saturated heterocycles. The number of nitrogens with one attached hydrogen (secondary N) is 2. The zero-order valence-electron chi connectivity index (χ0n) is 13.4. The molecule has 6 N–H and O–H groups in total. The molecule has 0 radical (unpaired) electrons. The molecule has 9 heteroatoms. The second-order valence-corrected chi connectivity index (χ2v) is 7.22. The van der Waals surface area contributed by atoms with Crippen LogP contribution in [0.15, 0.2) is 0 Å². The monoisotopic (exact) mass is 333 g/mol. The summed E-state index contributed by atoms with van der Waals surface area (Å²) in [5.41, 5.74) is 3.19. The highest BCUT2D eigenvalue weighted by atomic mass is 19.1. The predicted molar refractivity (Wildman–Crippen MR) is 79.2 cm³/mol. The van der Waals surface area contributed by atoms with Crippen LogP contribution in [-0.4, -0.2) is 52.0 Å². The summed E-state index contributed by atoms with van der Waals surface area (Å²) in [4.78, 5) is 34.4. The van der Waals surface area contributed by atoms with Crippen LogP contribution < -0.4 is 16.4 Å². The number of carbonyl (C=O) groups is 3. The maximum absolute atomic E-state index is 13.2. The SMILES string of the molecule is CC(C)(C)CC(NC(=O)O)C(=O)N[C@]1([C@H](O)C(N)=O)C[C@@H](F)C1. The Kier molecular flexibility index (Phi) is 5.57. The van der Waals surface area contributed by atoms with Crippen molar-refractivity contribution in [1.82, 2.24) is 10.6 Å². The number of halogens is 1. The molecule has 0 aliphatic heterocycles. The fraction of sp³-hybridized carbons (Fsp3) is 0.786. The molecule has 8 nitrogen and oxygen atoms in total. The summed E-state index contributed by atoms with van der Waals surface area (Å²) in [6.45, 7) is 5.48. The Hall–Kier alpha value is -1.90. The first kappa shape index (κ1) is 19.1. The van der Waals surface area contributed by atoms with Crippen LogP contribution in [0.1, 0.15) is 40.0 Å². The van der Waals surface area contributed by atoms with E-state index in [-0.39, 0.29) is 24.7 Å². The Labute approximate surface area is 133 Å². The lowest BCUT2D eigenvalue weighted by atomic mass is 9.70. The molecule has 1 aliphatic carbocycles. The molecule has 0 aromatic heterocycles. The van der Waals surface area contributed by atoms with Crippen molar-refractivity contribution in [3.63, 3.8) is 0 Å². The van der Waals surface area contributed by atoms with E-state index < -0.39 is 41.8 Å². The van der Waals surface area contributed by atoms with Gasteiger partial charge in [-0.25, -0.2) is 9.18 Å². The topological polar surface area (TPSA) is 142 Å². The fourth-order valence-corrected chi connectivity index (χ4v) is 2.70. The molecule has 1 fully saturated rings. The largest absolute Gasteiger partial charge is 0.465 e. The molecule has 0 heterocycles. The van der Waals surface area contributed by atoms with E-state index in [2.05, 4.69) is 10.6 Å². The standard InChI is InChI=1S/C14H24FN3O5/c1-13(2,3)6-8(17-12(22)23)11(21)18-14(4-7(15)5-14)9(19)10(16)20/h7-9,17,19H,4-6H2,1-3H3,(H2,16,20)(H,18,21)(H,22,23)/t7-,8?,9-,14-/m1/s1. The van der Waals surface area contributed by atoms with E-state index in [1.54, 1.807) is 0 Å². The average Bonchev–Trinajstić information content (AvgIpc) is 2.32. The average molecular weight is 333 g/mol. The number of aliphatic hydroxyl groups is 1. The van der Waals surface area contributed by atoms with Gasteiger partial charge in [0, 0.05) is 12.8 Å². The molecule has 132 valence electrons. The maximum atomic E-state index is 13.2. The quantitative estimate of drug-likeness (QED) is 0.461. The van der Waals surface area contributed by atoms with Crippen LogP contribution in [0.4, 0.5) is 9.18 Å². The Balaban J connectivity index is 2.90. The molecule has 0 spiro atoms. The summed E-state index contributed by atoms with van der Waals surface area (Å²) in [6, 6.07) is -1.09. The minimum atomic E-state index is -1.74. The highest BCUT2D eigenvalue weighted by Gasteiger charge is 2.53. The third-order valence-electron chi connectivity index (χ3n) is 3.77. The molecule has 1 saturated carbocycles.